The second kappa shape index (κ2) is 5.70. The number of benzene rings is 1. The Labute approximate surface area is 111 Å². The van der Waals surface area contributed by atoms with Crippen LogP contribution in [0, 0.1) is 23.1 Å². The first-order chi connectivity index (χ1) is 9.10. The molecule has 0 unspecified atom stereocenters. The number of halogens is 1. The van der Waals surface area contributed by atoms with Crippen molar-refractivity contribution in [3.05, 3.63) is 29.6 Å². The highest BCUT2D eigenvalue weighted by atomic mass is 19.1. The smallest absolute Gasteiger partial charge is 0.217 e. The number of carbonyl (C=O) groups is 1. The van der Waals surface area contributed by atoms with Crippen LogP contribution in [-0.2, 0) is 4.79 Å². The maximum atomic E-state index is 13.1. The van der Waals surface area contributed by atoms with Crippen LogP contribution in [0.1, 0.15) is 24.8 Å². The monoisotopic (exact) mass is 261 g/mol. The van der Waals surface area contributed by atoms with Crippen molar-refractivity contribution >= 4 is 11.6 Å². The van der Waals surface area contributed by atoms with E-state index >= 15 is 0 Å². The molecule has 0 spiro atoms. The number of nitriles is 1. The zero-order valence-electron chi connectivity index (χ0n) is 10.6. The van der Waals surface area contributed by atoms with Crippen LogP contribution >= 0.6 is 0 Å². The van der Waals surface area contributed by atoms with Crippen LogP contribution in [0.3, 0.4) is 0 Å². The molecule has 1 heterocycles. The van der Waals surface area contributed by atoms with Gasteiger partial charge in [-0.3, -0.25) is 4.79 Å². The third-order valence-electron chi connectivity index (χ3n) is 3.43. The fourth-order valence-electron chi connectivity index (χ4n) is 2.61. The first kappa shape index (κ1) is 13.3. The molecule has 0 radical (unpaired) electrons. The van der Waals surface area contributed by atoms with Crippen molar-refractivity contribution in [3.63, 3.8) is 0 Å². The van der Waals surface area contributed by atoms with Crippen molar-refractivity contribution < 1.29 is 9.18 Å². The van der Waals surface area contributed by atoms with Crippen molar-refractivity contribution in [2.75, 3.05) is 18.0 Å². The predicted molar refractivity (Wildman–Crippen MR) is 69.9 cm³/mol. The summed E-state index contributed by atoms with van der Waals surface area (Å²) in [7, 11) is 0. The number of rotatable bonds is 3. The molecule has 0 saturated carbocycles. The molecule has 0 aliphatic carbocycles. The summed E-state index contributed by atoms with van der Waals surface area (Å²) in [6, 6.07) is 6.24. The van der Waals surface area contributed by atoms with E-state index in [0.29, 0.717) is 18.5 Å². The van der Waals surface area contributed by atoms with Crippen molar-refractivity contribution in [1.29, 1.82) is 5.26 Å². The van der Waals surface area contributed by atoms with Crippen LogP contribution < -0.4 is 10.6 Å². The Hall–Kier alpha value is -2.09. The topological polar surface area (TPSA) is 70.1 Å². The van der Waals surface area contributed by atoms with Gasteiger partial charge in [-0.05, 0) is 37.0 Å². The molecule has 1 atom stereocenters. The van der Waals surface area contributed by atoms with Gasteiger partial charge >= 0.3 is 0 Å². The van der Waals surface area contributed by atoms with Crippen molar-refractivity contribution in [2.45, 2.75) is 19.3 Å². The lowest BCUT2D eigenvalue weighted by molar-refractivity contribution is -0.118. The van der Waals surface area contributed by atoms with Gasteiger partial charge < -0.3 is 10.6 Å². The van der Waals surface area contributed by atoms with Crippen LogP contribution in [0.25, 0.3) is 0 Å². The van der Waals surface area contributed by atoms with Crippen LogP contribution in [-0.4, -0.2) is 19.0 Å². The molecule has 1 aromatic carbocycles. The summed E-state index contributed by atoms with van der Waals surface area (Å²) < 4.78 is 13.1. The van der Waals surface area contributed by atoms with E-state index in [1.807, 2.05) is 11.0 Å². The first-order valence-corrected chi connectivity index (χ1v) is 6.33. The van der Waals surface area contributed by atoms with Gasteiger partial charge in [-0.25, -0.2) is 4.39 Å². The fraction of sp³-hybridized carbons (Fsp3) is 0.429. The molecular formula is C14H16FN3O. The Balaban J connectivity index is 2.17. The fourth-order valence-corrected chi connectivity index (χ4v) is 2.61. The number of carbonyl (C=O) groups excluding carboxylic acids is 1. The molecule has 0 bridgehead atoms. The van der Waals surface area contributed by atoms with Gasteiger partial charge in [0.1, 0.15) is 11.9 Å². The van der Waals surface area contributed by atoms with Gasteiger partial charge in [-0.1, -0.05) is 0 Å². The molecule has 1 fully saturated rings. The van der Waals surface area contributed by atoms with E-state index in [9.17, 15) is 9.18 Å². The van der Waals surface area contributed by atoms with Gasteiger partial charge in [0.25, 0.3) is 0 Å². The minimum atomic E-state index is -0.411. The lowest BCUT2D eigenvalue weighted by atomic mass is 9.93. The normalized spacial score (nSPS) is 18.9. The number of piperidine rings is 1. The van der Waals surface area contributed by atoms with Crippen LogP contribution in [0.15, 0.2) is 18.2 Å². The zero-order valence-corrected chi connectivity index (χ0v) is 10.6. The maximum absolute atomic E-state index is 13.1. The molecule has 1 aromatic rings. The molecule has 1 aliphatic rings. The molecule has 2 rings (SSSR count). The number of anilines is 1. The SMILES string of the molecule is N#Cc1cc(F)ccc1N1CCC[C@H](CC(N)=O)C1. The number of nitrogens with zero attached hydrogens (tertiary/aromatic N) is 2. The van der Waals surface area contributed by atoms with Crippen LogP contribution in [0.5, 0.6) is 0 Å². The number of amides is 1. The lowest BCUT2D eigenvalue weighted by Gasteiger charge is -2.34. The maximum Gasteiger partial charge on any atom is 0.217 e. The van der Waals surface area contributed by atoms with Crippen molar-refractivity contribution in [1.82, 2.24) is 0 Å². The van der Waals surface area contributed by atoms with E-state index in [-0.39, 0.29) is 11.8 Å². The molecule has 4 nitrogen and oxygen atoms in total. The Morgan fingerprint density at radius 1 is 1.58 bits per heavy atom. The highest BCUT2D eigenvalue weighted by molar-refractivity contribution is 5.74. The highest BCUT2D eigenvalue weighted by Gasteiger charge is 2.23. The van der Waals surface area contributed by atoms with Gasteiger partial charge in [0.2, 0.25) is 5.91 Å². The zero-order chi connectivity index (χ0) is 13.8. The summed E-state index contributed by atoms with van der Waals surface area (Å²) >= 11 is 0. The first-order valence-electron chi connectivity index (χ1n) is 6.33. The van der Waals surface area contributed by atoms with Gasteiger partial charge in [0, 0.05) is 19.5 Å². The second-order valence-corrected chi connectivity index (χ2v) is 4.90. The van der Waals surface area contributed by atoms with E-state index in [1.165, 1.54) is 12.1 Å². The van der Waals surface area contributed by atoms with Gasteiger partial charge in [-0.15, -0.1) is 0 Å². The van der Waals surface area contributed by atoms with E-state index < -0.39 is 5.82 Å². The minimum absolute atomic E-state index is 0.211. The Morgan fingerprint density at radius 2 is 2.37 bits per heavy atom. The molecule has 1 saturated heterocycles. The molecule has 1 aliphatic heterocycles. The average Bonchev–Trinajstić information content (AvgIpc) is 2.38. The minimum Gasteiger partial charge on any atom is -0.370 e. The summed E-state index contributed by atoms with van der Waals surface area (Å²) in [5.74, 6) is -0.500. The Morgan fingerprint density at radius 3 is 3.05 bits per heavy atom. The predicted octanol–water partition coefficient (Wildman–Crippen LogP) is 1.79. The van der Waals surface area contributed by atoms with E-state index in [1.54, 1.807) is 6.07 Å². The van der Waals surface area contributed by atoms with Crippen molar-refractivity contribution in [3.8, 4) is 6.07 Å². The van der Waals surface area contributed by atoms with E-state index in [0.717, 1.165) is 25.1 Å². The molecule has 5 heteroatoms. The summed E-state index contributed by atoms with van der Waals surface area (Å²) in [5.41, 5.74) is 6.29. The number of hydrogen-bond acceptors (Lipinski definition) is 3. The lowest BCUT2D eigenvalue weighted by Crippen LogP contribution is -2.37. The van der Waals surface area contributed by atoms with Crippen molar-refractivity contribution in [2.24, 2.45) is 11.7 Å². The molecule has 1 amide bonds. The molecule has 2 N–H and O–H groups in total. The Bertz CT molecular complexity index is 524. The molecular weight excluding hydrogens is 245 g/mol. The number of hydrogen-bond donors (Lipinski definition) is 1. The number of nitrogens with two attached hydrogens (primary N) is 1. The largest absolute Gasteiger partial charge is 0.370 e. The quantitative estimate of drug-likeness (QED) is 0.901. The van der Waals surface area contributed by atoms with Gasteiger partial charge in [-0.2, -0.15) is 5.26 Å². The van der Waals surface area contributed by atoms with E-state index in [2.05, 4.69) is 0 Å². The van der Waals surface area contributed by atoms with Crippen LogP contribution in [0.4, 0.5) is 10.1 Å². The summed E-state index contributed by atoms with van der Waals surface area (Å²) in [6.07, 6.45) is 2.27. The van der Waals surface area contributed by atoms with Crippen LogP contribution in [0.2, 0.25) is 0 Å². The standard InChI is InChI=1S/C14H16FN3O/c15-12-3-4-13(11(7-12)8-16)18-5-1-2-10(9-18)6-14(17)19/h3-4,7,10H,1-2,5-6,9H2,(H2,17,19)/t10-/m1/s1. The average molecular weight is 261 g/mol. The number of primary amides is 1. The second-order valence-electron chi connectivity index (χ2n) is 4.90. The third kappa shape index (κ3) is 3.22. The Kier molecular flexibility index (Phi) is 4.00. The molecule has 0 aromatic heterocycles. The summed E-state index contributed by atoms with van der Waals surface area (Å²) in [4.78, 5) is 13.0. The summed E-state index contributed by atoms with van der Waals surface area (Å²) in [6.45, 7) is 1.50. The molecule has 19 heavy (non-hydrogen) atoms. The summed E-state index contributed by atoms with van der Waals surface area (Å²) in [5, 5.41) is 9.07. The van der Waals surface area contributed by atoms with E-state index in [4.69, 9.17) is 11.0 Å². The highest BCUT2D eigenvalue weighted by Crippen LogP contribution is 2.27. The van der Waals surface area contributed by atoms with Gasteiger partial charge in [0.15, 0.2) is 0 Å². The molecule has 100 valence electrons. The van der Waals surface area contributed by atoms with Gasteiger partial charge in [0.05, 0.1) is 11.3 Å². The third-order valence-corrected chi connectivity index (χ3v) is 3.43.